The Morgan fingerprint density at radius 2 is 1.89 bits per heavy atom. The number of piperidine rings is 1. The largest absolute Gasteiger partial charge is 0.381 e. The molecule has 2 saturated carbocycles. The monoisotopic (exact) mass is 512 g/mol. The number of hydrogen-bond acceptors (Lipinski definition) is 7. The number of ether oxygens (including phenoxy) is 1. The van der Waals surface area contributed by atoms with Crippen LogP contribution in [0.3, 0.4) is 0 Å². The lowest BCUT2D eigenvalue weighted by Crippen LogP contribution is -2.57. The van der Waals surface area contributed by atoms with Gasteiger partial charge in [0.2, 0.25) is 5.91 Å². The van der Waals surface area contributed by atoms with Crippen LogP contribution < -0.4 is 10.6 Å². The molecule has 0 radical (unpaired) electrons. The molecule has 1 saturated heterocycles. The quantitative estimate of drug-likeness (QED) is 0.327. The Hall–Kier alpha value is -2.49. The van der Waals surface area contributed by atoms with Crippen molar-refractivity contribution in [2.75, 3.05) is 32.1 Å². The molecular weight excluding hydrogens is 472 g/mol. The van der Waals surface area contributed by atoms with E-state index < -0.39 is 24.1 Å². The van der Waals surface area contributed by atoms with Crippen molar-refractivity contribution >= 4 is 23.4 Å². The summed E-state index contributed by atoms with van der Waals surface area (Å²) in [4.78, 5) is 41.4. The molecule has 0 bridgehead atoms. The minimum Gasteiger partial charge on any atom is -0.381 e. The minimum atomic E-state index is -1.25. The molecule has 2 aliphatic heterocycles. The summed E-state index contributed by atoms with van der Waals surface area (Å²) in [5.41, 5.74) is 1.33. The van der Waals surface area contributed by atoms with Gasteiger partial charge in [-0.05, 0) is 63.6 Å². The second-order valence-electron chi connectivity index (χ2n) is 11.3. The number of hydrogen-bond donors (Lipinski definition) is 3. The van der Waals surface area contributed by atoms with E-state index in [2.05, 4.69) is 22.6 Å². The number of nitrogens with zero attached hydrogens (tertiary/aromatic N) is 2. The zero-order valence-corrected chi connectivity index (χ0v) is 21.8. The molecule has 2 atom stereocenters. The molecule has 2 aliphatic carbocycles. The minimum absolute atomic E-state index is 0.167. The van der Waals surface area contributed by atoms with Gasteiger partial charge in [-0.3, -0.25) is 19.3 Å². The standard InChI is InChI=1S/C28H40N4O5/c1-31(17-18-7-3-2-4-8-18)13-6-14-37-20-15-19(16-20)29-22-10-5-9-21-25(22)28(36)32(27(21)35)23-11-12-24(33)30-26(23)34/h5,9-10,18-20,23,26,29,34H,2-4,6-8,11-17H2,1H3,(H,30,33). The van der Waals surface area contributed by atoms with E-state index in [4.69, 9.17) is 4.74 Å². The number of nitrogens with one attached hydrogen (secondary N) is 2. The SMILES string of the molecule is CN(CCCOC1CC(Nc2cccc3c2C(=O)N(C2CCC(=O)NC2O)C3=O)C1)CC1CCCCC1. The first-order valence-corrected chi connectivity index (χ1v) is 14.0. The fourth-order valence-corrected chi connectivity index (χ4v) is 6.29. The Morgan fingerprint density at radius 3 is 2.65 bits per heavy atom. The predicted octanol–water partition coefficient (Wildman–Crippen LogP) is 2.74. The van der Waals surface area contributed by atoms with Gasteiger partial charge >= 0.3 is 0 Å². The van der Waals surface area contributed by atoms with Crippen LogP contribution >= 0.6 is 0 Å². The Bertz CT molecular complexity index is 1000. The number of amides is 3. The third kappa shape index (κ3) is 5.84. The highest BCUT2D eigenvalue weighted by Gasteiger charge is 2.45. The molecule has 4 aliphatic rings. The Labute approximate surface area is 218 Å². The summed E-state index contributed by atoms with van der Waals surface area (Å²) in [6.45, 7) is 3.02. The molecule has 9 nitrogen and oxygen atoms in total. The molecule has 3 amide bonds. The van der Waals surface area contributed by atoms with E-state index in [9.17, 15) is 19.5 Å². The summed E-state index contributed by atoms with van der Waals surface area (Å²) in [6.07, 6.45) is 9.05. The third-order valence-corrected chi connectivity index (χ3v) is 8.41. The molecule has 2 unspecified atom stereocenters. The number of fused-ring (bicyclic) bond motifs is 1. The van der Waals surface area contributed by atoms with Crippen LogP contribution in [-0.4, -0.2) is 83.8 Å². The molecule has 0 spiro atoms. The first-order valence-electron chi connectivity index (χ1n) is 14.0. The predicted molar refractivity (Wildman–Crippen MR) is 139 cm³/mol. The van der Waals surface area contributed by atoms with Crippen LogP contribution in [0, 0.1) is 5.92 Å². The van der Waals surface area contributed by atoms with E-state index in [0.717, 1.165) is 43.2 Å². The number of carbonyl (C=O) groups excluding carboxylic acids is 3. The zero-order chi connectivity index (χ0) is 25.9. The molecule has 1 aromatic carbocycles. The van der Waals surface area contributed by atoms with Crippen molar-refractivity contribution in [3.8, 4) is 0 Å². The van der Waals surface area contributed by atoms with E-state index >= 15 is 0 Å². The molecule has 1 aromatic rings. The summed E-state index contributed by atoms with van der Waals surface area (Å²) >= 11 is 0. The molecule has 9 heteroatoms. The van der Waals surface area contributed by atoms with Crippen LogP contribution in [0.15, 0.2) is 18.2 Å². The summed E-state index contributed by atoms with van der Waals surface area (Å²) in [5, 5.41) is 16.2. The van der Waals surface area contributed by atoms with Gasteiger partial charge in [0.15, 0.2) is 0 Å². The lowest BCUT2D eigenvalue weighted by Gasteiger charge is -2.37. The Balaban J connectivity index is 1.07. The highest BCUT2D eigenvalue weighted by molar-refractivity contribution is 6.24. The van der Waals surface area contributed by atoms with Gasteiger partial charge in [0.05, 0.1) is 23.3 Å². The van der Waals surface area contributed by atoms with Crippen LogP contribution in [-0.2, 0) is 9.53 Å². The van der Waals surface area contributed by atoms with Gasteiger partial charge in [0.25, 0.3) is 11.8 Å². The van der Waals surface area contributed by atoms with E-state index in [1.165, 1.54) is 38.6 Å². The van der Waals surface area contributed by atoms with Crippen molar-refractivity contribution in [3.63, 3.8) is 0 Å². The van der Waals surface area contributed by atoms with Crippen LogP contribution in [0.5, 0.6) is 0 Å². The van der Waals surface area contributed by atoms with Crippen molar-refractivity contribution in [2.45, 2.75) is 88.6 Å². The highest BCUT2D eigenvalue weighted by atomic mass is 16.5. The fraction of sp³-hybridized carbons (Fsp3) is 0.679. The molecule has 0 aromatic heterocycles. The van der Waals surface area contributed by atoms with Crippen LogP contribution in [0.1, 0.15) is 84.9 Å². The van der Waals surface area contributed by atoms with Gasteiger partial charge in [-0.1, -0.05) is 25.3 Å². The maximum Gasteiger partial charge on any atom is 0.264 e. The number of imide groups is 1. The summed E-state index contributed by atoms with van der Waals surface area (Å²) in [5.74, 6) is -0.267. The smallest absolute Gasteiger partial charge is 0.264 e. The first kappa shape index (κ1) is 26.1. The van der Waals surface area contributed by atoms with Gasteiger partial charge in [-0.2, -0.15) is 0 Å². The molecule has 2 heterocycles. The molecule has 202 valence electrons. The third-order valence-electron chi connectivity index (χ3n) is 8.41. The van der Waals surface area contributed by atoms with Crippen LogP contribution in [0.4, 0.5) is 5.69 Å². The van der Waals surface area contributed by atoms with Crippen LogP contribution in [0.25, 0.3) is 0 Å². The normalized spacial score (nSPS) is 28.3. The number of aliphatic hydroxyl groups excluding tert-OH is 1. The summed E-state index contributed by atoms with van der Waals surface area (Å²) < 4.78 is 6.08. The number of carbonyl (C=O) groups is 3. The lowest BCUT2D eigenvalue weighted by atomic mass is 9.88. The lowest BCUT2D eigenvalue weighted by molar-refractivity contribution is -0.129. The second-order valence-corrected chi connectivity index (χ2v) is 11.3. The average molecular weight is 513 g/mol. The van der Waals surface area contributed by atoms with Crippen molar-refractivity contribution in [1.29, 1.82) is 0 Å². The topological polar surface area (TPSA) is 111 Å². The molecule has 5 rings (SSSR count). The Morgan fingerprint density at radius 1 is 1.11 bits per heavy atom. The number of benzene rings is 1. The second kappa shape index (κ2) is 11.5. The van der Waals surface area contributed by atoms with Crippen LogP contribution in [0.2, 0.25) is 0 Å². The van der Waals surface area contributed by atoms with Gasteiger partial charge < -0.3 is 25.4 Å². The molecule has 3 fully saturated rings. The van der Waals surface area contributed by atoms with E-state index in [-0.39, 0.29) is 30.9 Å². The van der Waals surface area contributed by atoms with Crippen molar-refractivity contribution < 1.29 is 24.2 Å². The van der Waals surface area contributed by atoms with Gasteiger partial charge in [-0.25, -0.2) is 0 Å². The van der Waals surface area contributed by atoms with E-state index in [1.54, 1.807) is 12.1 Å². The average Bonchev–Trinajstić information content (AvgIpc) is 3.11. The zero-order valence-electron chi connectivity index (χ0n) is 21.8. The number of anilines is 1. The number of rotatable bonds is 10. The van der Waals surface area contributed by atoms with E-state index in [0.29, 0.717) is 16.8 Å². The maximum atomic E-state index is 13.3. The Kier molecular flexibility index (Phi) is 8.12. The molecule has 3 N–H and O–H groups in total. The van der Waals surface area contributed by atoms with E-state index in [1.807, 2.05) is 6.07 Å². The van der Waals surface area contributed by atoms with Crippen molar-refractivity contribution in [3.05, 3.63) is 29.3 Å². The van der Waals surface area contributed by atoms with Crippen molar-refractivity contribution in [2.24, 2.45) is 5.92 Å². The molecule has 37 heavy (non-hydrogen) atoms. The highest BCUT2D eigenvalue weighted by Crippen LogP contribution is 2.35. The van der Waals surface area contributed by atoms with Gasteiger partial charge in [0, 0.05) is 37.8 Å². The van der Waals surface area contributed by atoms with Crippen molar-refractivity contribution in [1.82, 2.24) is 15.1 Å². The van der Waals surface area contributed by atoms with Gasteiger partial charge in [0.1, 0.15) is 6.23 Å². The summed E-state index contributed by atoms with van der Waals surface area (Å²) in [6, 6.07) is 4.66. The number of aliphatic hydroxyl groups is 1. The fourth-order valence-electron chi connectivity index (χ4n) is 6.29. The first-order chi connectivity index (χ1) is 17.9. The molecular formula is C28H40N4O5. The summed E-state index contributed by atoms with van der Waals surface area (Å²) in [7, 11) is 2.22. The maximum absolute atomic E-state index is 13.3. The van der Waals surface area contributed by atoms with Gasteiger partial charge in [-0.15, -0.1) is 0 Å².